The number of hydrogen-bond acceptors (Lipinski definition) is 4. The lowest BCUT2D eigenvalue weighted by atomic mass is 10.2. The SMILES string of the molecule is N#CCN(C(=O)c1csc(-c2cccc(Cl)c2)n1)C1CC1. The maximum atomic E-state index is 12.4. The number of rotatable bonds is 4. The minimum atomic E-state index is -0.163. The number of carbonyl (C=O) groups excluding carboxylic acids is 1. The average molecular weight is 318 g/mol. The number of aromatic nitrogens is 1. The van der Waals surface area contributed by atoms with E-state index >= 15 is 0 Å². The molecule has 0 N–H and O–H groups in total. The Labute approximate surface area is 131 Å². The van der Waals surface area contributed by atoms with Crippen molar-refractivity contribution in [2.24, 2.45) is 0 Å². The Morgan fingerprint density at radius 1 is 1.52 bits per heavy atom. The second-order valence-corrected chi connectivity index (χ2v) is 6.17. The molecule has 0 aliphatic heterocycles. The zero-order valence-electron chi connectivity index (χ0n) is 11.1. The molecule has 2 aromatic rings. The van der Waals surface area contributed by atoms with Gasteiger partial charge in [-0.15, -0.1) is 11.3 Å². The molecule has 3 rings (SSSR count). The van der Waals surface area contributed by atoms with Gasteiger partial charge in [0.15, 0.2) is 0 Å². The third-order valence-electron chi connectivity index (χ3n) is 3.28. The summed E-state index contributed by atoms with van der Waals surface area (Å²) in [4.78, 5) is 18.4. The fraction of sp³-hybridized carbons (Fsp3) is 0.267. The summed E-state index contributed by atoms with van der Waals surface area (Å²) in [5.74, 6) is -0.163. The molecular weight excluding hydrogens is 306 g/mol. The van der Waals surface area contributed by atoms with Crippen molar-refractivity contribution in [2.45, 2.75) is 18.9 Å². The molecule has 0 saturated heterocycles. The van der Waals surface area contributed by atoms with Gasteiger partial charge in [0, 0.05) is 22.0 Å². The standard InChI is InChI=1S/C15H12ClN3OS/c16-11-3-1-2-10(8-11)14-18-13(9-21-14)15(20)19(7-6-17)12-4-5-12/h1-3,8-9,12H,4-5,7H2. The Balaban J connectivity index is 1.84. The number of thiazole rings is 1. The number of nitrogens with zero attached hydrogens (tertiary/aromatic N) is 3. The van der Waals surface area contributed by atoms with Crippen LogP contribution in [0.25, 0.3) is 10.6 Å². The molecule has 0 radical (unpaired) electrons. The first-order valence-corrected chi connectivity index (χ1v) is 7.84. The summed E-state index contributed by atoms with van der Waals surface area (Å²) in [6.07, 6.45) is 1.94. The van der Waals surface area contributed by atoms with Crippen LogP contribution in [0.4, 0.5) is 0 Å². The monoisotopic (exact) mass is 317 g/mol. The molecular formula is C15H12ClN3OS. The van der Waals surface area contributed by atoms with Gasteiger partial charge in [0.1, 0.15) is 17.2 Å². The van der Waals surface area contributed by atoms with E-state index in [2.05, 4.69) is 4.98 Å². The zero-order valence-corrected chi connectivity index (χ0v) is 12.7. The van der Waals surface area contributed by atoms with Crippen LogP contribution in [-0.2, 0) is 0 Å². The van der Waals surface area contributed by atoms with Crippen LogP contribution in [0.15, 0.2) is 29.6 Å². The van der Waals surface area contributed by atoms with Crippen molar-refractivity contribution in [1.29, 1.82) is 5.26 Å². The second kappa shape index (κ2) is 5.84. The summed E-state index contributed by atoms with van der Waals surface area (Å²) in [6.45, 7) is 0.119. The van der Waals surface area contributed by atoms with E-state index < -0.39 is 0 Å². The molecule has 1 aromatic carbocycles. The van der Waals surface area contributed by atoms with Crippen LogP contribution in [0.5, 0.6) is 0 Å². The third kappa shape index (κ3) is 3.07. The molecule has 6 heteroatoms. The van der Waals surface area contributed by atoms with Crippen molar-refractivity contribution in [1.82, 2.24) is 9.88 Å². The average Bonchev–Trinajstić information content (AvgIpc) is 3.20. The molecule has 1 saturated carbocycles. The van der Waals surface area contributed by atoms with Crippen molar-refractivity contribution in [3.05, 3.63) is 40.4 Å². The highest BCUT2D eigenvalue weighted by Gasteiger charge is 2.33. The first-order valence-electron chi connectivity index (χ1n) is 6.58. The molecule has 1 aliphatic rings. The minimum absolute atomic E-state index is 0.119. The molecule has 106 valence electrons. The Kier molecular flexibility index (Phi) is 3.91. The maximum absolute atomic E-state index is 12.4. The molecule has 21 heavy (non-hydrogen) atoms. The van der Waals surface area contributed by atoms with Crippen LogP contribution in [-0.4, -0.2) is 28.4 Å². The van der Waals surface area contributed by atoms with Gasteiger partial charge in [-0.1, -0.05) is 23.7 Å². The summed E-state index contributed by atoms with van der Waals surface area (Å²) in [5.41, 5.74) is 1.29. The fourth-order valence-corrected chi connectivity index (χ4v) is 3.08. The Bertz CT molecular complexity index is 718. The summed E-state index contributed by atoms with van der Waals surface area (Å²) >= 11 is 7.38. The number of amides is 1. The summed E-state index contributed by atoms with van der Waals surface area (Å²) in [7, 11) is 0. The molecule has 0 spiro atoms. The highest BCUT2D eigenvalue weighted by molar-refractivity contribution is 7.13. The van der Waals surface area contributed by atoms with Gasteiger partial charge in [-0.3, -0.25) is 4.79 Å². The summed E-state index contributed by atoms with van der Waals surface area (Å²) in [5, 5.41) is 12.0. The van der Waals surface area contributed by atoms with Gasteiger partial charge in [-0.2, -0.15) is 5.26 Å². The molecule has 1 aliphatic carbocycles. The predicted molar refractivity (Wildman–Crippen MR) is 82.2 cm³/mol. The Morgan fingerprint density at radius 2 is 2.33 bits per heavy atom. The van der Waals surface area contributed by atoms with Crippen LogP contribution >= 0.6 is 22.9 Å². The van der Waals surface area contributed by atoms with E-state index in [1.54, 1.807) is 16.3 Å². The van der Waals surface area contributed by atoms with Crippen LogP contribution in [0.1, 0.15) is 23.3 Å². The van der Waals surface area contributed by atoms with E-state index in [9.17, 15) is 4.79 Å². The van der Waals surface area contributed by atoms with Crippen LogP contribution in [0, 0.1) is 11.3 Å². The fourth-order valence-electron chi connectivity index (χ4n) is 2.10. The van der Waals surface area contributed by atoms with Crippen LogP contribution in [0.2, 0.25) is 5.02 Å². The smallest absolute Gasteiger partial charge is 0.274 e. The lowest BCUT2D eigenvalue weighted by molar-refractivity contribution is 0.0760. The van der Waals surface area contributed by atoms with Crippen molar-refractivity contribution >= 4 is 28.8 Å². The van der Waals surface area contributed by atoms with Gasteiger partial charge >= 0.3 is 0 Å². The highest BCUT2D eigenvalue weighted by atomic mass is 35.5. The van der Waals surface area contributed by atoms with E-state index in [1.807, 2.05) is 24.3 Å². The highest BCUT2D eigenvalue weighted by Crippen LogP contribution is 2.30. The normalized spacial score (nSPS) is 13.7. The number of carbonyl (C=O) groups is 1. The van der Waals surface area contributed by atoms with Gasteiger partial charge < -0.3 is 4.90 Å². The number of hydrogen-bond donors (Lipinski definition) is 0. The van der Waals surface area contributed by atoms with Gasteiger partial charge in [0.2, 0.25) is 0 Å². The molecule has 4 nitrogen and oxygen atoms in total. The Hall–Kier alpha value is -1.90. The first-order chi connectivity index (χ1) is 10.2. The van der Waals surface area contributed by atoms with E-state index in [0.717, 1.165) is 23.4 Å². The second-order valence-electron chi connectivity index (χ2n) is 4.87. The lowest BCUT2D eigenvalue weighted by Gasteiger charge is -2.17. The van der Waals surface area contributed by atoms with Crippen LogP contribution in [0.3, 0.4) is 0 Å². The minimum Gasteiger partial charge on any atom is -0.321 e. The van der Waals surface area contributed by atoms with E-state index in [1.165, 1.54) is 11.3 Å². The quantitative estimate of drug-likeness (QED) is 0.810. The van der Waals surface area contributed by atoms with Gasteiger partial charge in [-0.25, -0.2) is 4.98 Å². The third-order valence-corrected chi connectivity index (χ3v) is 4.41. The molecule has 1 fully saturated rings. The maximum Gasteiger partial charge on any atom is 0.274 e. The number of halogens is 1. The van der Waals surface area contributed by atoms with Crippen molar-refractivity contribution in [3.63, 3.8) is 0 Å². The van der Waals surface area contributed by atoms with Gasteiger partial charge in [0.25, 0.3) is 5.91 Å². The molecule has 0 unspecified atom stereocenters. The molecule has 0 atom stereocenters. The van der Waals surface area contributed by atoms with Crippen molar-refractivity contribution < 1.29 is 4.79 Å². The van der Waals surface area contributed by atoms with Crippen LogP contribution < -0.4 is 0 Å². The Morgan fingerprint density at radius 3 is 3.00 bits per heavy atom. The molecule has 1 heterocycles. The van der Waals surface area contributed by atoms with E-state index in [0.29, 0.717) is 10.7 Å². The lowest BCUT2D eigenvalue weighted by Crippen LogP contribution is -2.33. The summed E-state index contributed by atoms with van der Waals surface area (Å²) < 4.78 is 0. The molecule has 1 amide bonds. The van der Waals surface area contributed by atoms with E-state index in [4.69, 9.17) is 16.9 Å². The topological polar surface area (TPSA) is 57.0 Å². The number of benzene rings is 1. The van der Waals surface area contributed by atoms with E-state index in [-0.39, 0.29) is 18.5 Å². The van der Waals surface area contributed by atoms with Crippen molar-refractivity contribution in [3.8, 4) is 16.6 Å². The van der Waals surface area contributed by atoms with Crippen molar-refractivity contribution in [2.75, 3.05) is 6.54 Å². The number of nitriles is 1. The largest absolute Gasteiger partial charge is 0.321 e. The summed E-state index contributed by atoms with van der Waals surface area (Å²) in [6, 6.07) is 9.63. The van der Waals surface area contributed by atoms with Gasteiger partial charge in [-0.05, 0) is 25.0 Å². The molecule has 1 aromatic heterocycles. The molecule has 0 bridgehead atoms. The first kappa shape index (κ1) is 14.1. The zero-order chi connectivity index (χ0) is 14.8. The predicted octanol–water partition coefficient (Wildman–Crippen LogP) is 3.59. The van der Waals surface area contributed by atoms with Gasteiger partial charge in [0.05, 0.1) is 6.07 Å².